The van der Waals surface area contributed by atoms with Crippen molar-refractivity contribution in [1.82, 2.24) is 0 Å². The first-order valence-electron chi connectivity index (χ1n) is 6.38. The number of thioether (sulfide) groups is 1. The highest BCUT2D eigenvalue weighted by Gasteiger charge is 2.28. The number of hydrogen-bond donors (Lipinski definition) is 1. The Balaban J connectivity index is 2.13. The molecule has 0 bridgehead atoms. The Bertz CT molecular complexity index is 443. The second-order valence-electron chi connectivity index (χ2n) is 4.47. The van der Waals surface area contributed by atoms with E-state index in [1.165, 1.54) is 0 Å². The summed E-state index contributed by atoms with van der Waals surface area (Å²) in [4.78, 5) is 24.8. The quantitative estimate of drug-likeness (QED) is 0.899. The molecular formula is C14H17NO3S. The van der Waals surface area contributed by atoms with E-state index in [1.807, 2.05) is 30.3 Å². The van der Waals surface area contributed by atoms with Crippen molar-refractivity contribution in [1.29, 1.82) is 0 Å². The number of para-hydroxylation sites is 1. The molecule has 0 spiro atoms. The van der Waals surface area contributed by atoms with E-state index in [0.29, 0.717) is 0 Å². The predicted octanol–water partition coefficient (Wildman–Crippen LogP) is 2.39. The van der Waals surface area contributed by atoms with Crippen LogP contribution >= 0.6 is 11.8 Å². The molecule has 5 heteroatoms. The monoisotopic (exact) mass is 279 g/mol. The van der Waals surface area contributed by atoms with Crippen molar-refractivity contribution in [3.63, 3.8) is 0 Å². The molecule has 1 atom stereocenters. The number of carboxylic acid groups (broad SMARTS) is 1. The van der Waals surface area contributed by atoms with Gasteiger partial charge in [0.05, 0.1) is 11.7 Å². The van der Waals surface area contributed by atoms with E-state index in [4.69, 9.17) is 5.11 Å². The van der Waals surface area contributed by atoms with E-state index >= 15 is 0 Å². The zero-order valence-corrected chi connectivity index (χ0v) is 11.4. The normalized spacial score (nSPS) is 18.2. The molecule has 102 valence electrons. The minimum Gasteiger partial charge on any atom is -0.481 e. The van der Waals surface area contributed by atoms with Crippen molar-refractivity contribution in [2.75, 3.05) is 17.2 Å². The van der Waals surface area contributed by atoms with Gasteiger partial charge in [-0.3, -0.25) is 9.59 Å². The summed E-state index contributed by atoms with van der Waals surface area (Å²) in [5.74, 6) is 0.167. The maximum atomic E-state index is 12.5. The Morgan fingerprint density at radius 2 is 2.05 bits per heavy atom. The third-order valence-electron chi connectivity index (χ3n) is 3.09. The average molecular weight is 279 g/mol. The highest BCUT2D eigenvalue weighted by Crippen LogP contribution is 2.29. The van der Waals surface area contributed by atoms with E-state index in [0.717, 1.165) is 24.3 Å². The van der Waals surface area contributed by atoms with Crippen LogP contribution in [0.5, 0.6) is 0 Å². The van der Waals surface area contributed by atoms with Crippen molar-refractivity contribution in [3.8, 4) is 0 Å². The SMILES string of the molecule is O=C(O)CCN(C(=O)C1CCCS1)c1ccccc1. The van der Waals surface area contributed by atoms with Crippen molar-refractivity contribution in [2.24, 2.45) is 0 Å². The fraction of sp³-hybridized carbons (Fsp3) is 0.429. The molecule has 4 nitrogen and oxygen atoms in total. The van der Waals surface area contributed by atoms with Crippen molar-refractivity contribution >= 4 is 29.3 Å². The van der Waals surface area contributed by atoms with Crippen LogP contribution in [0, 0.1) is 0 Å². The first-order chi connectivity index (χ1) is 9.18. The molecular weight excluding hydrogens is 262 g/mol. The minimum atomic E-state index is -0.882. The van der Waals surface area contributed by atoms with Gasteiger partial charge in [0.2, 0.25) is 5.91 Å². The van der Waals surface area contributed by atoms with E-state index in [9.17, 15) is 9.59 Å². The molecule has 0 aliphatic carbocycles. The van der Waals surface area contributed by atoms with Gasteiger partial charge in [0.25, 0.3) is 0 Å². The van der Waals surface area contributed by atoms with Gasteiger partial charge in [-0.05, 0) is 30.7 Å². The van der Waals surface area contributed by atoms with E-state index in [-0.39, 0.29) is 24.1 Å². The third-order valence-corrected chi connectivity index (χ3v) is 4.45. The second-order valence-corrected chi connectivity index (χ2v) is 5.78. The molecule has 0 aromatic heterocycles. The fourth-order valence-electron chi connectivity index (χ4n) is 2.13. The number of rotatable bonds is 5. The van der Waals surface area contributed by atoms with Gasteiger partial charge in [-0.1, -0.05) is 18.2 Å². The summed E-state index contributed by atoms with van der Waals surface area (Å²) in [5.41, 5.74) is 0.779. The number of anilines is 1. The highest BCUT2D eigenvalue weighted by atomic mass is 32.2. The van der Waals surface area contributed by atoms with E-state index in [1.54, 1.807) is 16.7 Å². The molecule has 1 aliphatic heterocycles. The molecule has 1 saturated heterocycles. The Kier molecular flexibility index (Phi) is 4.85. The van der Waals surface area contributed by atoms with Crippen LogP contribution in [0.2, 0.25) is 0 Å². The van der Waals surface area contributed by atoms with Crippen LogP contribution in [0.25, 0.3) is 0 Å². The van der Waals surface area contributed by atoms with Crippen LogP contribution in [0.1, 0.15) is 19.3 Å². The summed E-state index contributed by atoms with van der Waals surface area (Å²) >= 11 is 1.67. The molecule has 0 radical (unpaired) electrons. The van der Waals surface area contributed by atoms with Gasteiger partial charge >= 0.3 is 5.97 Å². The predicted molar refractivity (Wildman–Crippen MR) is 76.5 cm³/mol. The number of carbonyl (C=O) groups excluding carboxylic acids is 1. The average Bonchev–Trinajstić information content (AvgIpc) is 2.93. The maximum Gasteiger partial charge on any atom is 0.305 e. The van der Waals surface area contributed by atoms with Gasteiger partial charge in [0, 0.05) is 12.2 Å². The van der Waals surface area contributed by atoms with E-state index < -0.39 is 5.97 Å². The molecule has 1 fully saturated rings. The lowest BCUT2D eigenvalue weighted by molar-refractivity contribution is -0.136. The number of carbonyl (C=O) groups is 2. The Morgan fingerprint density at radius 3 is 2.63 bits per heavy atom. The third kappa shape index (κ3) is 3.73. The Labute approximate surface area is 116 Å². The summed E-state index contributed by atoms with van der Waals surface area (Å²) in [6.45, 7) is 0.231. The van der Waals surface area contributed by atoms with Gasteiger partial charge < -0.3 is 10.0 Å². The molecule has 19 heavy (non-hydrogen) atoms. The lowest BCUT2D eigenvalue weighted by Gasteiger charge is -2.24. The summed E-state index contributed by atoms with van der Waals surface area (Å²) in [5, 5.41) is 8.79. The molecule has 1 aromatic carbocycles. The van der Waals surface area contributed by atoms with E-state index in [2.05, 4.69) is 0 Å². The van der Waals surface area contributed by atoms with Crippen molar-refractivity contribution in [3.05, 3.63) is 30.3 Å². The zero-order valence-electron chi connectivity index (χ0n) is 10.6. The lowest BCUT2D eigenvalue weighted by Crippen LogP contribution is -2.38. The standard InChI is InChI=1S/C14H17NO3S/c16-13(17)8-9-15(11-5-2-1-3-6-11)14(18)12-7-4-10-19-12/h1-3,5-6,12H,4,7-10H2,(H,16,17). The van der Waals surface area contributed by atoms with Gasteiger partial charge in [-0.25, -0.2) is 0 Å². The van der Waals surface area contributed by atoms with Crippen molar-refractivity contribution < 1.29 is 14.7 Å². The van der Waals surface area contributed by atoms with Gasteiger partial charge in [0.15, 0.2) is 0 Å². The maximum absolute atomic E-state index is 12.5. The number of amides is 1. The molecule has 1 aromatic rings. The number of nitrogens with zero attached hydrogens (tertiary/aromatic N) is 1. The molecule has 1 amide bonds. The van der Waals surface area contributed by atoms with Crippen LogP contribution in [-0.2, 0) is 9.59 Å². The lowest BCUT2D eigenvalue weighted by atomic mass is 10.2. The van der Waals surface area contributed by atoms with Crippen LogP contribution < -0.4 is 4.90 Å². The summed E-state index contributed by atoms with van der Waals surface area (Å²) in [6.07, 6.45) is 1.92. The minimum absolute atomic E-state index is 0.0194. The van der Waals surface area contributed by atoms with Crippen LogP contribution in [0.3, 0.4) is 0 Å². The number of hydrogen-bond acceptors (Lipinski definition) is 3. The van der Waals surface area contributed by atoms with Gasteiger partial charge in [-0.2, -0.15) is 0 Å². The molecule has 1 unspecified atom stereocenters. The molecule has 1 N–H and O–H groups in total. The topological polar surface area (TPSA) is 57.6 Å². The molecule has 1 aliphatic rings. The molecule has 2 rings (SSSR count). The molecule has 1 heterocycles. The largest absolute Gasteiger partial charge is 0.481 e. The van der Waals surface area contributed by atoms with Gasteiger partial charge in [-0.15, -0.1) is 11.8 Å². The number of carboxylic acids is 1. The van der Waals surface area contributed by atoms with Crippen LogP contribution in [0.4, 0.5) is 5.69 Å². The summed E-state index contributed by atoms with van der Waals surface area (Å²) in [6, 6.07) is 9.29. The van der Waals surface area contributed by atoms with Crippen LogP contribution in [-0.4, -0.2) is 34.5 Å². The van der Waals surface area contributed by atoms with Gasteiger partial charge in [0.1, 0.15) is 0 Å². The summed E-state index contributed by atoms with van der Waals surface area (Å²) < 4.78 is 0. The zero-order chi connectivity index (χ0) is 13.7. The molecule has 0 saturated carbocycles. The second kappa shape index (κ2) is 6.61. The van der Waals surface area contributed by atoms with Crippen molar-refractivity contribution in [2.45, 2.75) is 24.5 Å². The first kappa shape index (κ1) is 13.9. The number of benzene rings is 1. The Morgan fingerprint density at radius 1 is 1.32 bits per heavy atom. The smallest absolute Gasteiger partial charge is 0.305 e. The van der Waals surface area contributed by atoms with Crippen LogP contribution in [0.15, 0.2) is 30.3 Å². The Hall–Kier alpha value is -1.49. The highest BCUT2D eigenvalue weighted by molar-refractivity contribution is 8.00. The number of aliphatic carboxylic acids is 1. The summed E-state index contributed by atoms with van der Waals surface area (Å²) in [7, 11) is 0. The fourth-order valence-corrected chi connectivity index (χ4v) is 3.35. The first-order valence-corrected chi connectivity index (χ1v) is 7.43.